The number of halogens is 1. The average molecular weight is 239 g/mol. The first-order valence-electron chi connectivity index (χ1n) is 5.09. The Morgan fingerprint density at radius 3 is 2.69 bits per heavy atom. The van der Waals surface area contributed by atoms with E-state index in [0.717, 1.165) is 11.5 Å². The molecule has 0 saturated carbocycles. The highest BCUT2D eigenvalue weighted by Crippen LogP contribution is 2.17. The van der Waals surface area contributed by atoms with Gasteiger partial charge in [-0.05, 0) is 17.7 Å². The topological polar surface area (TPSA) is 33.0 Å². The van der Waals surface area contributed by atoms with Crippen LogP contribution in [0.1, 0.15) is 12.0 Å². The van der Waals surface area contributed by atoms with E-state index in [-0.39, 0.29) is 6.61 Å². The van der Waals surface area contributed by atoms with Crippen molar-refractivity contribution in [3.8, 4) is 11.8 Å². The van der Waals surface area contributed by atoms with Crippen molar-refractivity contribution in [1.82, 2.24) is 0 Å². The summed E-state index contributed by atoms with van der Waals surface area (Å²) < 4.78 is 17.0. The van der Waals surface area contributed by atoms with Gasteiger partial charge in [-0.1, -0.05) is 12.1 Å². The van der Waals surface area contributed by atoms with Crippen molar-refractivity contribution in [2.45, 2.75) is 12.2 Å². The molecule has 0 bridgehead atoms. The molecule has 0 radical (unpaired) electrons. The van der Waals surface area contributed by atoms with Crippen molar-refractivity contribution < 1.29 is 9.13 Å². The zero-order chi connectivity index (χ0) is 11.6. The van der Waals surface area contributed by atoms with E-state index in [1.165, 1.54) is 5.56 Å². The highest BCUT2D eigenvalue weighted by molar-refractivity contribution is 7.98. The summed E-state index contributed by atoms with van der Waals surface area (Å²) in [6, 6.07) is 9.73. The van der Waals surface area contributed by atoms with E-state index in [2.05, 4.69) is 6.07 Å². The molecule has 0 aromatic heterocycles. The molecule has 0 fully saturated rings. The highest BCUT2D eigenvalue weighted by Gasteiger charge is 1.96. The number of hydrogen-bond acceptors (Lipinski definition) is 3. The second-order valence-electron chi connectivity index (χ2n) is 3.14. The number of thioether (sulfide) groups is 1. The highest BCUT2D eigenvalue weighted by atomic mass is 32.2. The van der Waals surface area contributed by atoms with E-state index in [1.807, 2.05) is 24.3 Å². The van der Waals surface area contributed by atoms with Crippen molar-refractivity contribution in [2.24, 2.45) is 0 Å². The third-order valence-corrected chi connectivity index (χ3v) is 2.93. The Kier molecular flexibility index (Phi) is 6.43. The SMILES string of the molecule is N#CCCSCc1ccc(OCCF)cc1. The predicted molar refractivity (Wildman–Crippen MR) is 64.3 cm³/mol. The van der Waals surface area contributed by atoms with Crippen LogP contribution >= 0.6 is 11.8 Å². The maximum atomic E-state index is 11.8. The zero-order valence-corrected chi connectivity index (χ0v) is 9.80. The third-order valence-electron chi connectivity index (χ3n) is 1.90. The predicted octanol–water partition coefficient (Wildman–Crippen LogP) is 3.18. The van der Waals surface area contributed by atoms with Crippen LogP contribution in [-0.4, -0.2) is 19.0 Å². The first-order valence-corrected chi connectivity index (χ1v) is 6.24. The van der Waals surface area contributed by atoms with Gasteiger partial charge in [0.1, 0.15) is 19.0 Å². The normalized spacial score (nSPS) is 9.75. The standard InChI is InChI=1S/C12H14FNOS/c13-6-8-15-12-4-2-11(3-5-12)10-16-9-1-7-14/h2-5H,1,6,8-10H2. The quantitative estimate of drug-likeness (QED) is 0.685. The van der Waals surface area contributed by atoms with Gasteiger partial charge in [0.15, 0.2) is 0 Å². The number of alkyl halides is 1. The lowest BCUT2D eigenvalue weighted by molar-refractivity contribution is 0.273. The summed E-state index contributed by atoms with van der Waals surface area (Å²) in [5, 5.41) is 8.37. The number of ether oxygens (including phenoxy) is 1. The Balaban J connectivity index is 2.31. The van der Waals surface area contributed by atoms with Crippen molar-refractivity contribution in [3.05, 3.63) is 29.8 Å². The van der Waals surface area contributed by atoms with Gasteiger partial charge < -0.3 is 4.74 Å². The van der Waals surface area contributed by atoms with Crippen LogP contribution in [0.2, 0.25) is 0 Å². The van der Waals surface area contributed by atoms with Crippen LogP contribution in [0.5, 0.6) is 5.75 Å². The van der Waals surface area contributed by atoms with E-state index < -0.39 is 6.67 Å². The molecule has 0 N–H and O–H groups in total. The van der Waals surface area contributed by atoms with Crippen LogP contribution in [0.3, 0.4) is 0 Å². The summed E-state index contributed by atoms with van der Waals surface area (Å²) in [4.78, 5) is 0. The molecule has 0 saturated heterocycles. The summed E-state index contributed by atoms with van der Waals surface area (Å²) in [6.45, 7) is -0.359. The first-order chi connectivity index (χ1) is 7.86. The van der Waals surface area contributed by atoms with Crippen LogP contribution in [0.15, 0.2) is 24.3 Å². The largest absolute Gasteiger partial charge is 0.491 e. The number of rotatable bonds is 7. The molecule has 0 heterocycles. The second-order valence-corrected chi connectivity index (χ2v) is 4.25. The summed E-state index contributed by atoms with van der Waals surface area (Å²) in [6.07, 6.45) is 0.586. The molecule has 16 heavy (non-hydrogen) atoms. The molecule has 0 atom stereocenters. The van der Waals surface area contributed by atoms with Crippen molar-refractivity contribution in [1.29, 1.82) is 5.26 Å². The van der Waals surface area contributed by atoms with Gasteiger partial charge >= 0.3 is 0 Å². The fourth-order valence-electron chi connectivity index (χ4n) is 1.15. The molecule has 0 aliphatic heterocycles. The summed E-state index contributed by atoms with van der Waals surface area (Å²) in [5.41, 5.74) is 1.19. The van der Waals surface area contributed by atoms with Crippen molar-refractivity contribution in [3.63, 3.8) is 0 Å². The van der Waals surface area contributed by atoms with Crippen LogP contribution in [0.25, 0.3) is 0 Å². The van der Waals surface area contributed by atoms with Gasteiger partial charge in [0, 0.05) is 17.9 Å². The number of nitriles is 1. The van der Waals surface area contributed by atoms with E-state index in [9.17, 15) is 4.39 Å². The molecular formula is C12H14FNOS. The number of hydrogen-bond donors (Lipinski definition) is 0. The maximum absolute atomic E-state index is 11.8. The number of benzene rings is 1. The van der Waals surface area contributed by atoms with Gasteiger partial charge in [0.05, 0.1) is 6.07 Å². The fraction of sp³-hybridized carbons (Fsp3) is 0.417. The lowest BCUT2D eigenvalue weighted by Crippen LogP contribution is -1.98. The second kappa shape index (κ2) is 8.00. The molecule has 0 amide bonds. The molecule has 0 aliphatic carbocycles. The van der Waals surface area contributed by atoms with Gasteiger partial charge in [0.25, 0.3) is 0 Å². The molecule has 4 heteroatoms. The van der Waals surface area contributed by atoms with Gasteiger partial charge in [0.2, 0.25) is 0 Å². The Hall–Kier alpha value is -1.21. The minimum atomic E-state index is -0.467. The van der Waals surface area contributed by atoms with Crippen LogP contribution in [-0.2, 0) is 5.75 Å². The van der Waals surface area contributed by atoms with Crippen LogP contribution in [0.4, 0.5) is 4.39 Å². The van der Waals surface area contributed by atoms with Crippen molar-refractivity contribution in [2.75, 3.05) is 19.0 Å². The van der Waals surface area contributed by atoms with Crippen molar-refractivity contribution >= 4 is 11.8 Å². The Labute approximate surface area is 99.4 Å². The van der Waals surface area contributed by atoms with Crippen LogP contribution < -0.4 is 4.74 Å². The molecule has 1 aromatic rings. The van der Waals surface area contributed by atoms with E-state index in [1.54, 1.807) is 11.8 Å². The van der Waals surface area contributed by atoms with Gasteiger partial charge in [-0.3, -0.25) is 0 Å². The minimum absolute atomic E-state index is 0.107. The summed E-state index contributed by atoms with van der Waals surface area (Å²) in [7, 11) is 0. The Bertz CT molecular complexity index is 334. The maximum Gasteiger partial charge on any atom is 0.123 e. The molecule has 2 nitrogen and oxygen atoms in total. The molecule has 1 aromatic carbocycles. The molecule has 1 rings (SSSR count). The van der Waals surface area contributed by atoms with E-state index in [4.69, 9.17) is 10.00 Å². The molecule has 86 valence electrons. The Morgan fingerprint density at radius 1 is 1.31 bits per heavy atom. The average Bonchev–Trinajstić information content (AvgIpc) is 2.33. The van der Waals surface area contributed by atoms with E-state index in [0.29, 0.717) is 12.2 Å². The van der Waals surface area contributed by atoms with Gasteiger partial charge in [-0.2, -0.15) is 17.0 Å². The van der Waals surface area contributed by atoms with E-state index >= 15 is 0 Å². The third kappa shape index (κ3) is 5.04. The molecule has 0 aliphatic rings. The molecule has 0 unspecified atom stereocenters. The molecule has 0 spiro atoms. The summed E-state index contributed by atoms with van der Waals surface area (Å²) in [5.74, 6) is 2.45. The smallest absolute Gasteiger partial charge is 0.123 e. The minimum Gasteiger partial charge on any atom is -0.491 e. The van der Waals surface area contributed by atoms with Crippen LogP contribution in [0, 0.1) is 11.3 Å². The summed E-state index contributed by atoms with van der Waals surface area (Å²) >= 11 is 1.73. The first kappa shape index (κ1) is 12.9. The number of nitrogens with zero attached hydrogens (tertiary/aromatic N) is 1. The Morgan fingerprint density at radius 2 is 2.06 bits per heavy atom. The van der Waals surface area contributed by atoms with Gasteiger partial charge in [-0.15, -0.1) is 0 Å². The monoisotopic (exact) mass is 239 g/mol. The molecular weight excluding hydrogens is 225 g/mol. The fourth-order valence-corrected chi connectivity index (χ4v) is 1.95. The van der Waals surface area contributed by atoms with Gasteiger partial charge in [-0.25, -0.2) is 4.39 Å². The lowest BCUT2D eigenvalue weighted by atomic mass is 10.2. The lowest BCUT2D eigenvalue weighted by Gasteiger charge is -2.04. The zero-order valence-electron chi connectivity index (χ0n) is 8.99.